The summed E-state index contributed by atoms with van der Waals surface area (Å²) in [4.78, 5) is 16.5. The number of rotatable bonds is 6. The second-order valence-electron chi connectivity index (χ2n) is 7.21. The molecule has 2 aliphatic rings. The molecule has 1 amide bonds. The number of hydrogen-bond donors (Lipinski definition) is 0. The average molecular weight is 356 g/mol. The van der Waals surface area contributed by atoms with E-state index >= 15 is 0 Å². The number of nitrogens with zero attached hydrogens (tertiary/aromatic N) is 4. The molecule has 2 heterocycles. The monoisotopic (exact) mass is 356 g/mol. The Hall–Kier alpha value is -1.54. The van der Waals surface area contributed by atoms with Crippen LogP contribution in [0.5, 0.6) is 0 Å². The van der Waals surface area contributed by atoms with Gasteiger partial charge in [-0.2, -0.15) is 0 Å². The third kappa shape index (κ3) is 6.70. The number of likely N-dealkylation sites (tertiary alicyclic amines) is 1. The van der Waals surface area contributed by atoms with E-state index in [1.165, 1.54) is 4.90 Å². The molecule has 2 aliphatic heterocycles. The Labute approximate surface area is 148 Å². The molecule has 9 heteroatoms. The molecule has 2 rings (SSSR count). The first kappa shape index (κ1) is 19.8. The topological polar surface area (TPSA) is 106 Å². The lowest BCUT2D eigenvalue weighted by Gasteiger charge is -2.26. The van der Waals surface area contributed by atoms with Crippen LogP contribution in [0.1, 0.15) is 46.5 Å². The van der Waals surface area contributed by atoms with E-state index in [1.807, 2.05) is 0 Å². The number of azide groups is 1. The van der Waals surface area contributed by atoms with Gasteiger partial charge in [-0.3, -0.25) is 4.90 Å². The van der Waals surface area contributed by atoms with Gasteiger partial charge in [0.2, 0.25) is 0 Å². The van der Waals surface area contributed by atoms with Crippen LogP contribution in [0.15, 0.2) is 5.11 Å². The average Bonchev–Trinajstić information content (AvgIpc) is 2.94. The van der Waals surface area contributed by atoms with Crippen LogP contribution in [0.3, 0.4) is 0 Å². The largest absolute Gasteiger partial charge is 0.444 e. The molecule has 0 aromatic heterocycles. The van der Waals surface area contributed by atoms with E-state index in [0.29, 0.717) is 26.2 Å². The number of carbonyl (C=O) groups excluding carboxylic acids is 1. The lowest BCUT2D eigenvalue weighted by molar-refractivity contribution is -0.171. The van der Waals surface area contributed by atoms with Crippen molar-refractivity contribution in [3.8, 4) is 0 Å². The second-order valence-corrected chi connectivity index (χ2v) is 7.21. The highest BCUT2D eigenvalue weighted by molar-refractivity contribution is 5.69. The highest BCUT2D eigenvalue weighted by Gasteiger charge is 2.37. The molecule has 9 nitrogen and oxygen atoms in total. The van der Waals surface area contributed by atoms with E-state index in [9.17, 15) is 4.79 Å². The summed E-state index contributed by atoms with van der Waals surface area (Å²) in [5.74, 6) is 0. The molecule has 3 atom stereocenters. The van der Waals surface area contributed by atoms with E-state index in [0.717, 1.165) is 25.9 Å². The first-order valence-corrected chi connectivity index (χ1v) is 8.77. The molecule has 25 heavy (non-hydrogen) atoms. The molecule has 0 spiro atoms. The van der Waals surface area contributed by atoms with Crippen molar-refractivity contribution in [3.05, 3.63) is 10.4 Å². The quantitative estimate of drug-likeness (QED) is 0.314. The smallest absolute Gasteiger partial charge is 0.410 e. The Bertz CT molecular complexity index is 483. The molecule has 142 valence electrons. The van der Waals surface area contributed by atoms with Gasteiger partial charge in [-0.15, -0.1) is 0 Å². The van der Waals surface area contributed by atoms with Gasteiger partial charge in [0.1, 0.15) is 11.8 Å². The van der Waals surface area contributed by atoms with Gasteiger partial charge in [0.05, 0.1) is 25.9 Å². The van der Waals surface area contributed by atoms with Crippen molar-refractivity contribution in [2.24, 2.45) is 5.11 Å². The number of hydrogen-bond acceptors (Lipinski definition) is 6. The van der Waals surface area contributed by atoms with Crippen molar-refractivity contribution in [3.63, 3.8) is 0 Å². The van der Waals surface area contributed by atoms with Crippen molar-refractivity contribution in [1.82, 2.24) is 4.90 Å². The third-order valence-electron chi connectivity index (χ3n) is 3.93. The van der Waals surface area contributed by atoms with Crippen LogP contribution in [-0.4, -0.2) is 61.5 Å². The van der Waals surface area contributed by atoms with Crippen LogP contribution < -0.4 is 0 Å². The maximum absolute atomic E-state index is 12.3. The Kier molecular flexibility index (Phi) is 7.31. The summed E-state index contributed by atoms with van der Waals surface area (Å²) < 4.78 is 22.2. The molecule has 2 saturated heterocycles. The molecule has 2 fully saturated rings. The number of carbonyl (C=O) groups is 1. The van der Waals surface area contributed by atoms with E-state index in [-0.39, 0.29) is 12.4 Å². The standard InChI is InChI=1S/C16H28N4O5/c1-16(2,3)25-15(21)20-11-12(10-13(20)18-19-17)22-8-9-24-14-6-4-5-7-23-14/h12-14H,4-11H2,1-3H3. The van der Waals surface area contributed by atoms with Gasteiger partial charge < -0.3 is 18.9 Å². The van der Waals surface area contributed by atoms with Crippen molar-refractivity contribution >= 4 is 6.09 Å². The van der Waals surface area contributed by atoms with Crippen LogP contribution in [0.25, 0.3) is 10.4 Å². The van der Waals surface area contributed by atoms with Gasteiger partial charge in [0, 0.05) is 17.9 Å². The summed E-state index contributed by atoms with van der Waals surface area (Å²) in [6, 6.07) is 0. The van der Waals surface area contributed by atoms with Crippen LogP contribution in [0.2, 0.25) is 0 Å². The van der Waals surface area contributed by atoms with Crippen molar-refractivity contribution < 1.29 is 23.7 Å². The molecular weight excluding hydrogens is 328 g/mol. The zero-order valence-electron chi connectivity index (χ0n) is 15.2. The number of amides is 1. The fourth-order valence-corrected chi connectivity index (χ4v) is 2.82. The van der Waals surface area contributed by atoms with E-state index < -0.39 is 17.9 Å². The lowest BCUT2D eigenvalue weighted by atomic mass is 10.2. The van der Waals surface area contributed by atoms with E-state index in [4.69, 9.17) is 24.5 Å². The summed E-state index contributed by atoms with van der Waals surface area (Å²) in [7, 11) is 0. The Morgan fingerprint density at radius 1 is 1.32 bits per heavy atom. The van der Waals surface area contributed by atoms with Crippen molar-refractivity contribution in [2.75, 3.05) is 26.4 Å². The second kappa shape index (κ2) is 9.24. The minimum Gasteiger partial charge on any atom is -0.444 e. The zero-order chi connectivity index (χ0) is 18.3. The molecule has 0 N–H and O–H groups in total. The molecule has 3 unspecified atom stereocenters. The van der Waals surface area contributed by atoms with Crippen LogP contribution in [0, 0.1) is 0 Å². The summed E-state index contributed by atoms with van der Waals surface area (Å²) in [5, 5.41) is 3.68. The lowest BCUT2D eigenvalue weighted by Crippen LogP contribution is -2.39. The molecule has 0 radical (unpaired) electrons. The minimum absolute atomic E-state index is 0.143. The SMILES string of the molecule is CC(C)(C)OC(=O)N1CC(OCCOC2CCCCO2)CC1N=[N+]=[N-]. The Balaban J connectivity index is 1.76. The first-order chi connectivity index (χ1) is 11.9. The van der Waals surface area contributed by atoms with Crippen molar-refractivity contribution in [1.29, 1.82) is 0 Å². The van der Waals surface area contributed by atoms with Gasteiger partial charge >= 0.3 is 6.09 Å². The summed E-state index contributed by atoms with van der Waals surface area (Å²) in [5.41, 5.74) is 8.10. The first-order valence-electron chi connectivity index (χ1n) is 8.77. The zero-order valence-corrected chi connectivity index (χ0v) is 15.2. The van der Waals surface area contributed by atoms with E-state index in [1.54, 1.807) is 20.8 Å². The maximum atomic E-state index is 12.3. The molecule has 0 saturated carbocycles. The normalized spacial score (nSPS) is 27.0. The fourth-order valence-electron chi connectivity index (χ4n) is 2.82. The molecule has 0 aliphatic carbocycles. The summed E-state index contributed by atoms with van der Waals surface area (Å²) in [6.45, 7) is 7.29. The summed E-state index contributed by atoms with van der Waals surface area (Å²) >= 11 is 0. The predicted molar refractivity (Wildman–Crippen MR) is 89.8 cm³/mol. The van der Waals surface area contributed by atoms with Crippen LogP contribution in [0.4, 0.5) is 4.79 Å². The number of ether oxygens (including phenoxy) is 4. The van der Waals surface area contributed by atoms with Gasteiger partial charge in [-0.1, -0.05) is 5.11 Å². The van der Waals surface area contributed by atoms with Gasteiger partial charge in [0.25, 0.3) is 0 Å². The molecule has 0 aromatic rings. The minimum atomic E-state index is -0.606. The van der Waals surface area contributed by atoms with E-state index in [2.05, 4.69) is 10.0 Å². The highest BCUT2D eigenvalue weighted by Crippen LogP contribution is 2.24. The highest BCUT2D eigenvalue weighted by atomic mass is 16.7. The van der Waals surface area contributed by atoms with Gasteiger partial charge in [-0.25, -0.2) is 4.79 Å². The summed E-state index contributed by atoms with van der Waals surface area (Å²) in [6.07, 6.45) is 2.12. The Morgan fingerprint density at radius 3 is 2.72 bits per heavy atom. The predicted octanol–water partition coefficient (Wildman–Crippen LogP) is 3.19. The van der Waals surface area contributed by atoms with Gasteiger partial charge in [0.15, 0.2) is 6.29 Å². The third-order valence-corrected chi connectivity index (χ3v) is 3.93. The molecular formula is C16H28N4O5. The van der Waals surface area contributed by atoms with Crippen LogP contribution >= 0.6 is 0 Å². The van der Waals surface area contributed by atoms with Gasteiger partial charge in [-0.05, 0) is 45.6 Å². The molecule has 0 bridgehead atoms. The Morgan fingerprint density at radius 2 is 2.08 bits per heavy atom. The van der Waals surface area contributed by atoms with Crippen molar-refractivity contribution in [2.45, 2.75) is 70.6 Å². The fraction of sp³-hybridized carbons (Fsp3) is 0.938. The maximum Gasteiger partial charge on any atom is 0.410 e. The van der Waals surface area contributed by atoms with Crippen LogP contribution in [-0.2, 0) is 18.9 Å². The molecule has 0 aromatic carbocycles.